The number of hydrogen-bond acceptors (Lipinski definition) is 3. The molecule has 0 atom stereocenters. The highest BCUT2D eigenvalue weighted by Gasteiger charge is 2.10. The highest BCUT2D eigenvalue weighted by molar-refractivity contribution is 7.85. The molecule has 0 bridgehead atoms. The van der Waals surface area contributed by atoms with Gasteiger partial charge in [-0.25, -0.2) is 0 Å². The molecule has 1 rings (SSSR count). The molecule has 0 aliphatic carbocycles. The van der Waals surface area contributed by atoms with E-state index in [0.29, 0.717) is 5.56 Å². The molecule has 1 aromatic carbocycles. The lowest BCUT2D eigenvalue weighted by Crippen LogP contribution is -1.99. The smallest absolute Gasteiger partial charge is 0.294 e. The Hall–Kier alpha value is -0.950. The van der Waals surface area contributed by atoms with E-state index in [9.17, 15) is 8.42 Å². The quantitative estimate of drug-likeness (QED) is 0.654. The minimum Gasteiger partial charge on any atom is -0.412 e. The van der Waals surface area contributed by atoms with Crippen molar-refractivity contribution in [1.82, 2.24) is 6.15 Å². The molecular weight excluding hydrogens is 194 g/mol. The van der Waals surface area contributed by atoms with Crippen LogP contribution < -0.4 is 6.15 Å². The van der Waals surface area contributed by atoms with Gasteiger partial charge >= 0.3 is 0 Å². The van der Waals surface area contributed by atoms with Crippen LogP contribution in [0, 0.1) is 6.92 Å². The van der Waals surface area contributed by atoms with Crippen LogP contribution in [0.25, 0.3) is 0 Å². The summed E-state index contributed by atoms with van der Waals surface area (Å²) in [6.45, 7) is 1.63. The molecule has 0 aromatic heterocycles. The van der Waals surface area contributed by atoms with Crippen LogP contribution in [0.1, 0.15) is 5.56 Å². The number of rotatable bonds is 1. The van der Waals surface area contributed by atoms with Gasteiger partial charge in [0, 0.05) is 0 Å². The average molecular weight is 207 g/mol. The lowest BCUT2D eigenvalue weighted by Gasteiger charge is -1.99. The van der Waals surface area contributed by atoms with E-state index in [1.165, 1.54) is 6.07 Å². The van der Waals surface area contributed by atoms with Gasteiger partial charge in [0.1, 0.15) is 0 Å². The van der Waals surface area contributed by atoms with E-state index in [1.807, 2.05) is 0 Å². The molecule has 0 heterocycles. The van der Waals surface area contributed by atoms with Crippen molar-refractivity contribution in [3.8, 4) is 0 Å². The summed E-state index contributed by atoms with van der Waals surface area (Å²) in [7, 11) is -4.03. The number of hydrogen-bond donors (Lipinski definition) is 2. The summed E-state index contributed by atoms with van der Waals surface area (Å²) in [5.74, 6) is 0. The predicted octanol–water partition coefficient (Wildman–Crippen LogP) is 0.579. The van der Waals surface area contributed by atoms with Crippen LogP contribution in [-0.2, 0) is 10.1 Å². The molecule has 0 spiro atoms. The molecule has 5 nitrogen and oxygen atoms in total. The van der Waals surface area contributed by atoms with Crippen LogP contribution in [0.4, 0.5) is 0 Å². The molecule has 1 aromatic rings. The summed E-state index contributed by atoms with van der Waals surface area (Å²) in [6.07, 6.45) is 0. The molecular formula is C7H13NO4S. The van der Waals surface area contributed by atoms with Crippen LogP contribution >= 0.6 is 0 Å². The van der Waals surface area contributed by atoms with E-state index in [1.54, 1.807) is 25.1 Å². The second-order valence-corrected chi connectivity index (χ2v) is 3.63. The van der Waals surface area contributed by atoms with Crippen molar-refractivity contribution >= 4 is 10.1 Å². The van der Waals surface area contributed by atoms with Crippen molar-refractivity contribution in [2.75, 3.05) is 0 Å². The summed E-state index contributed by atoms with van der Waals surface area (Å²) in [6, 6.07) is 6.27. The second-order valence-electron chi connectivity index (χ2n) is 2.24. The van der Waals surface area contributed by atoms with Crippen molar-refractivity contribution in [3.63, 3.8) is 0 Å². The maximum Gasteiger partial charge on any atom is 0.294 e. The maximum atomic E-state index is 10.6. The molecule has 0 unspecified atom stereocenters. The van der Waals surface area contributed by atoms with Gasteiger partial charge in [0.2, 0.25) is 0 Å². The van der Waals surface area contributed by atoms with E-state index in [-0.39, 0.29) is 16.5 Å². The molecule has 0 amide bonds. The highest BCUT2D eigenvalue weighted by Crippen LogP contribution is 2.12. The Kier molecular flexibility index (Phi) is 5.52. The van der Waals surface area contributed by atoms with Crippen LogP contribution in [0.5, 0.6) is 0 Å². The summed E-state index contributed by atoms with van der Waals surface area (Å²) in [5, 5.41) is 0. The van der Waals surface area contributed by atoms with Crippen molar-refractivity contribution in [2.45, 2.75) is 11.8 Å². The fourth-order valence-electron chi connectivity index (χ4n) is 0.846. The predicted molar refractivity (Wildman–Crippen MR) is 49.6 cm³/mol. The zero-order valence-electron chi connectivity index (χ0n) is 7.19. The SMILES string of the molecule is Cc1ccccc1S(=O)(=O)O.N.O. The van der Waals surface area contributed by atoms with Crippen LogP contribution in [0.15, 0.2) is 29.2 Å². The molecule has 76 valence electrons. The molecule has 13 heavy (non-hydrogen) atoms. The number of aryl methyl sites for hydroxylation is 1. The monoisotopic (exact) mass is 207 g/mol. The van der Waals surface area contributed by atoms with Gasteiger partial charge in [0.15, 0.2) is 0 Å². The molecule has 0 saturated carbocycles. The maximum absolute atomic E-state index is 10.6. The first-order valence-corrected chi connectivity index (χ1v) is 4.49. The van der Waals surface area contributed by atoms with Crippen LogP contribution in [-0.4, -0.2) is 18.4 Å². The highest BCUT2D eigenvalue weighted by atomic mass is 32.2. The van der Waals surface area contributed by atoms with E-state index in [4.69, 9.17) is 4.55 Å². The molecule has 0 radical (unpaired) electrons. The fourth-order valence-corrected chi connectivity index (χ4v) is 1.57. The van der Waals surface area contributed by atoms with E-state index < -0.39 is 10.1 Å². The van der Waals surface area contributed by atoms with E-state index in [2.05, 4.69) is 0 Å². The van der Waals surface area contributed by atoms with Crippen molar-refractivity contribution in [1.29, 1.82) is 0 Å². The first-order chi connectivity index (χ1) is 5.02. The third-order valence-corrected chi connectivity index (χ3v) is 2.39. The summed E-state index contributed by atoms with van der Waals surface area (Å²) in [5.41, 5.74) is 0.551. The molecule has 6 heteroatoms. The Balaban J connectivity index is 0. The third-order valence-electron chi connectivity index (χ3n) is 1.37. The largest absolute Gasteiger partial charge is 0.412 e. The second kappa shape index (κ2) is 4.93. The molecule has 0 aliphatic rings. The zero-order valence-corrected chi connectivity index (χ0v) is 8.00. The Morgan fingerprint density at radius 3 is 2.00 bits per heavy atom. The lowest BCUT2D eigenvalue weighted by molar-refractivity contribution is 0.482. The van der Waals surface area contributed by atoms with Gasteiger partial charge in [0.25, 0.3) is 10.1 Å². The molecule has 0 saturated heterocycles. The minimum absolute atomic E-state index is 0. The molecule has 0 aliphatic heterocycles. The number of benzene rings is 1. The Morgan fingerprint density at radius 2 is 1.69 bits per heavy atom. The van der Waals surface area contributed by atoms with Crippen LogP contribution in [0.3, 0.4) is 0 Å². The average Bonchev–Trinajstić information content (AvgIpc) is 1.86. The topological polar surface area (TPSA) is 121 Å². The minimum atomic E-state index is -4.03. The Labute approximate surface area is 77.0 Å². The van der Waals surface area contributed by atoms with Gasteiger partial charge in [-0.2, -0.15) is 8.42 Å². The summed E-state index contributed by atoms with van der Waals surface area (Å²) >= 11 is 0. The van der Waals surface area contributed by atoms with Crippen molar-refractivity contribution < 1.29 is 18.4 Å². The summed E-state index contributed by atoms with van der Waals surface area (Å²) < 4.78 is 29.9. The normalized spacial score (nSPS) is 9.69. The van der Waals surface area contributed by atoms with Crippen molar-refractivity contribution in [3.05, 3.63) is 29.8 Å². The lowest BCUT2D eigenvalue weighted by atomic mass is 10.2. The summed E-state index contributed by atoms with van der Waals surface area (Å²) in [4.78, 5) is -0.0278. The van der Waals surface area contributed by atoms with Gasteiger partial charge in [0.05, 0.1) is 4.90 Å². The van der Waals surface area contributed by atoms with Crippen LogP contribution in [0.2, 0.25) is 0 Å². The van der Waals surface area contributed by atoms with Gasteiger partial charge in [-0.3, -0.25) is 4.55 Å². The first-order valence-electron chi connectivity index (χ1n) is 3.05. The zero-order chi connectivity index (χ0) is 8.48. The first kappa shape index (κ1) is 14.6. The Morgan fingerprint density at radius 1 is 1.23 bits per heavy atom. The van der Waals surface area contributed by atoms with Gasteiger partial charge < -0.3 is 11.6 Å². The molecule has 6 N–H and O–H groups in total. The molecule has 0 fully saturated rings. The standard InChI is InChI=1S/C7H8O3S.H3N.H2O/c1-6-4-2-3-5-7(6)11(8,9)10;;/h2-5H,1H3,(H,8,9,10);1H3;1H2. The van der Waals surface area contributed by atoms with Gasteiger partial charge in [-0.05, 0) is 18.6 Å². The Bertz CT molecular complexity index is 361. The van der Waals surface area contributed by atoms with Gasteiger partial charge in [-0.15, -0.1) is 0 Å². The van der Waals surface area contributed by atoms with Crippen molar-refractivity contribution in [2.24, 2.45) is 0 Å². The van der Waals surface area contributed by atoms with E-state index >= 15 is 0 Å². The fraction of sp³-hybridized carbons (Fsp3) is 0.143. The van der Waals surface area contributed by atoms with E-state index in [0.717, 1.165) is 0 Å². The third kappa shape index (κ3) is 3.51. The van der Waals surface area contributed by atoms with Gasteiger partial charge in [-0.1, -0.05) is 18.2 Å².